The van der Waals surface area contributed by atoms with Crippen molar-refractivity contribution in [2.45, 2.75) is 58.1 Å². The van der Waals surface area contributed by atoms with Crippen molar-refractivity contribution in [1.29, 1.82) is 0 Å². The number of nitrogens with zero attached hydrogens (tertiary/aromatic N) is 1. The van der Waals surface area contributed by atoms with Crippen LogP contribution in [0.15, 0.2) is 0 Å². The second-order valence-electron chi connectivity index (χ2n) is 5.20. The van der Waals surface area contributed by atoms with E-state index in [0.717, 1.165) is 12.8 Å². The molecule has 1 aliphatic rings. The summed E-state index contributed by atoms with van der Waals surface area (Å²) in [5.74, 6) is 0. The molecule has 17 heavy (non-hydrogen) atoms. The third-order valence-corrected chi connectivity index (χ3v) is 2.61. The third-order valence-electron chi connectivity index (χ3n) is 2.61. The van der Waals surface area contributed by atoms with Gasteiger partial charge in [0.2, 0.25) is 0 Å². The molecule has 1 amide bonds. The Morgan fingerprint density at radius 3 is 2.47 bits per heavy atom. The number of halogens is 1. The standard InChI is InChI=1S/C12H22NO2.HI.Zn/c1-12(2,3)15-11(14)13(4)10-8-6-5-7-9-10;;/h6,10H,5,7-9H2,1-4H3;1H;/q-1;;+2/p-1. The van der Waals surface area contributed by atoms with Crippen LogP contribution in [0.2, 0.25) is 0 Å². The van der Waals surface area contributed by atoms with Crippen molar-refractivity contribution < 1.29 is 24.3 Å². The quantitative estimate of drug-likeness (QED) is 0.377. The van der Waals surface area contributed by atoms with E-state index in [1.807, 2.05) is 27.8 Å². The van der Waals surface area contributed by atoms with Crippen LogP contribution in [0.25, 0.3) is 0 Å². The number of amides is 1. The molecule has 1 saturated carbocycles. The van der Waals surface area contributed by atoms with Crippen LogP contribution in [0.4, 0.5) is 4.79 Å². The summed E-state index contributed by atoms with van der Waals surface area (Å²) >= 11 is 3.62. The first-order valence-corrected chi connectivity index (χ1v) is 15.0. The van der Waals surface area contributed by atoms with Gasteiger partial charge in [0, 0.05) is 13.1 Å². The number of carbonyl (C=O) groups excluding carboxylic acids is 1. The Labute approximate surface area is 126 Å². The van der Waals surface area contributed by atoms with E-state index >= 15 is 0 Å². The van der Waals surface area contributed by atoms with Gasteiger partial charge in [0.25, 0.3) is 0 Å². The van der Waals surface area contributed by atoms with E-state index in [-0.39, 0.29) is 6.09 Å². The summed E-state index contributed by atoms with van der Waals surface area (Å²) in [6.45, 7) is 5.68. The minimum atomic E-state index is -0.399. The van der Waals surface area contributed by atoms with Gasteiger partial charge in [-0.15, -0.1) is 0 Å². The van der Waals surface area contributed by atoms with E-state index in [4.69, 9.17) is 4.74 Å². The Hall–Kier alpha value is 0.623. The van der Waals surface area contributed by atoms with Gasteiger partial charge in [0.15, 0.2) is 0 Å². The van der Waals surface area contributed by atoms with Crippen LogP contribution in [-0.2, 0) is 19.5 Å². The number of hydrogen-bond donors (Lipinski definition) is 0. The Balaban J connectivity index is 0.00000121. The molecular formula is C12H22INO2Zn. The first-order chi connectivity index (χ1) is 7.90. The summed E-state index contributed by atoms with van der Waals surface area (Å²) in [5, 5.41) is 0. The second kappa shape index (κ2) is 8.68. The molecule has 96 valence electrons. The molecule has 1 rings (SSSR count). The van der Waals surface area contributed by atoms with Crippen molar-refractivity contribution in [3.8, 4) is 0 Å². The van der Waals surface area contributed by atoms with E-state index in [1.165, 1.54) is 27.6 Å². The molecule has 0 N–H and O–H groups in total. The van der Waals surface area contributed by atoms with Crippen LogP contribution < -0.4 is 0 Å². The van der Waals surface area contributed by atoms with Gasteiger partial charge in [0.1, 0.15) is 5.60 Å². The summed E-state index contributed by atoms with van der Waals surface area (Å²) in [6, 6.07) is 0.327. The van der Waals surface area contributed by atoms with Gasteiger partial charge >= 0.3 is 40.6 Å². The zero-order valence-corrected chi connectivity index (χ0v) is 16.5. The van der Waals surface area contributed by atoms with Crippen molar-refractivity contribution in [2.24, 2.45) is 0 Å². The molecule has 0 heterocycles. The van der Waals surface area contributed by atoms with Crippen LogP contribution >= 0.6 is 19.8 Å². The van der Waals surface area contributed by atoms with E-state index in [9.17, 15) is 4.79 Å². The molecule has 0 saturated heterocycles. The van der Waals surface area contributed by atoms with Crippen molar-refractivity contribution in [1.82, 2.24) is 4.90 Å². The van der Waals surface area contributed by atoms with Crippen molar-refractivity contribution in [3.63, 3.8) is 0 Å². The van der Waals surface area contributed by atoms with Crippen LogP contribution in [-0.4, -0.2) is 29.7 Å². The number of carbonyl (C=O) groups is 1. The van der Waals surface area contributed by atoms with Crippen LogP contribution in [0.3, 0.4) is 0 Å². The van der Waals surface area contributed by atoms with Gasteiger partial charge in [-0.3, -0.25) is 0 Å². The molecule has 0 radical (unpaired) electrons. The van der Waals surface area contributed by atoms with E-state index in [1.54, 1.807) is 4.90 Å². The molecule has 0 bridgehead atoms. The zero-order valence-electron chi connectivity index (χ0n) is 11.3. The van der Waals surface area contributed by atoms with Gasteiger partial charge < -0.3 is 16.1 Å². The van der Waals surface area contributed by atoms with E-state index in [0.29, 0.717) is 6.04 Å². The first-order valence-electron chi connectivity index (χ1n) is 5.94. The molecular weight excluding hydrogens is 382 g/mol. The summed E-state index contributed by atoms with van der Waals surface area (Å²) in [5.41, 5.74) is -0.399. The zero-order chi connectivity index (χ0) is 13.5. The molecule has 1 fully saturated rings. The Bertz CT molecular complexity index is 225. The second-order valence-corrected chi connectivity index (χ2v) is 5.20. The molecule has 0 aromatic heterocycles. The van der Waals surface area contributed by atoms with Crippen LogP contribution in [0.5, 0.6) is 0 Å². The van der Waals surface area contributed by atoms with Gasteiger partial charge in [-0.1, -0.05) is 6.42 Å². The fraction of sp³-hybridized carbons (Fsp3) is 0.833. The fourth-order valence-corrected chi connectivity index (χ4v) is 1.76. The van der Waals surface area contributed by atoms with Gasteiger partial charge in [-0.05, 0) is 27.2 Å². The molecule has 5 heteroatoms. The maximum absolute atomic E-state index is 11.7. The fourth-order valence-electron chi connectivity index (χ4n) is 1.76. The molecule has 1 unspecified atom stereocenters. The predicted molar refractivity (Wildman–Crippen MR) is 74.6 cm³/mol. The summed E-state index contributed by atoms with van der Waals surface area (Å²) in [6.07, 6.45) is 6.50. The monoisotopic (exact) mass is 403 g/mol. The minimum absolute atomic E-state index is 0.206. The van der Waals surface area contributed by atoms with E-state index in [2.05, 4.69) is 26.2 Å². The molecule has 0 spiro atoms. The molecule has 0 aromatic rings. The van der Waals surface area contributed by atoms with Gasteiger partial charge in [0.05, 0.1) is 0 Å². The average Bonchev–Trinajstić information content (AvgIpc) is 2.29. The van der Waals surface area contributed by atoms with Crippen LogP contribution in [0.1, 0.15) is 46.5 Å². The topological polar surface area (TPSA) is 29.5 Å². The predicted octanol–water partition coefficient (Wildman–Crippen LogP) is 3.88. The van der Waals surface area contributed by atoms with Crippen molar-refractivity contribution >= 4 is 25.8 Å². The first kappa shape index (κ1) is 17.6. The van der Waals surface area contributed by atoms with Gasteiger partial charge in [-0.25, -0.2) is 4.79 Å². The summed E-state index contributed by atoms with van der Waals surface area (Å²) in [7, 11) is 1.83. The summed E-state index contributed by atoms with van der Waals surface area (Å²) < 4.78 is 5.33. The summed E-state index contributed by atoms with van der Waals surface area (Å²) in [4.78, 5) is 13.5. The SMILES string of the molecule is CN(C(=O)OC(C)(C)C)C1C[CH-]CCC1.[Zn+][I]. The Kier molecular flexibility index (Phi) is 9.00. The van der Waals surface area contributed by atoms with Crippen molar-refractivity contribution in [2.75, 3.05) is 7.05 Å². The Morgan fingerprint density at radius 2 is 2.06 bits per heavy atom. The number of rotatable bonds is 1. The van der Waals surface area contributed by atoms with E-state index < -0.39 is 5.60 Å². The average molecular weight is 405 g/mol. The number of hydrogen-bond acceptors (Lipinski definition) is 2. The van der Waals surface area contributed by atoms with Gasteiger partial charge in [-0.2, -0.15) is 12.8 Å². The molecule has 3 nitrogen and oxygen atoms in total. The molecule has 0 aromatic carbocycles. The molecule has 1 atom stereocenters. The number of ether oxygens (including phenoxy) is 1. The Morgan fingerprint density at radius 1 is 1.47 bits per heavy atom. The maximum atomic E-state index is 11.7. The van der Waals surface area contributed by atoms with Crippen LogP contribution in [0, 0.1) is 6.42 Å². The normalized spacial score (nSPS) is 20.1. The molecule has 1 aliphatic carbocycles. The molecule has 0 aliphatic heterocycles. The third kappa shape index (κ3) is 7.60. The van der Waals surface area contributed by atoms with Crippen molar-refractivity contribution in [3.05, 3.63) is 6.42 Å².